The number of nitrogens with one attached hydrogen (secondary N) is 2. The van der Waals surface area contributed by atoms with Gasteiger partial charge in [-0.3, -0.25) is 0 Å². The fourth-order valence-electron chi connectivity index (χ4n) is 1.38. The number of carboxylic acid groups (broad SMARTS) is 1. The first kappa shape index (κ1) is 16.7. The number of carbonyl (C=O) groups excluding carboxylic acids is 1. The molecule has 5 N–H and O–H groups in total. The van der Waals surface area contributed by atoms with Crippen LogP contribution in [0.3, 0.4) is 0 Å². The molecule has 114 valence electrons. The monoisotopic (exact) mass is 313 g/mol. The molecule has 0 spiro atoms. The molecule has 1 rings (SSSR count). The van der Waals surface area contributed by atoms with Crippen LogP contribution in [0.5, 0.6) is 0 Å². The molecule has 0 bridgehead atoms. The van der Waals surface area contributed by atoms with Crippen molar-refractivity contribution in [2.45, 2.75) is 4.90 Å². The van der Waals surface area contributed by atoms with E-state index in [0.717, 1.165) is 6.08 Å². The van der Waals surface area contributed by atoms with Gasteiger partial charge in [0, 0.05) is 19.2 Å². The summed E-state index contributed by atoms with van der Waals surface area (Å²) in [5.41, 5.74) is 5.41. The zero-order valence-electron chi connectivity index (χ0n) is 10.9. The van der Waals surface area contributed by atoms with E-state index in [0.29, 0.717) is 5.56 Å². The minimum Gasteiger partial charge on any atom is -0.478 e. The topological polar surface area (TPSA) is 139 Å². The summed E-state index contributed by atoms with van der Waals surface area (Å²) in [5, 5.41) is 10.7. The molecular formula is C12H15N3O5S. The molecule has 0 unspecified atom stereocenters. The summed E-state index contributed by atoms with van der Waals surface area (Å²) in [5.74, 6) is -1.09. The molecule has 0 saturated heterocycles. The minimum atomic E-state index is -3.69. The van der Waals surface area contributed by atoms with E-state index in [1.807, 2.05) is 0 Å². The molecule has 0 atom stereocenters. The Morgan fingerprint density at radius 1 is 1.19 bits per heavy atom. The highest BCUT2D eigenvalue weighted by molar-refractivity contribution is 7.89. The lowest BCUT2D eigenvalue weighted by molar-refractivity contribution is -0.131. The van der Waals surface area contributed by atoms with Crippen molar-refractivity contribution in [1.82, 2.24) is 10.0 Å². The molecule has 9 heteroatoms. The molecule has 8 nitrogen and oxygen atoms in total. The number of hydrogen-bond acceptors (Lipinski definition) is 4. The summed E-state index contributed by atoms with van der Waals surface area (Å²) in [4.78, 5) is 20.8. The summed E-state index contributed by atoms with van der Waals surface area (Å²) in [6.07, 6.45) is 2.31. The van der Waals surface area contributed by atoms with Gasteiger partial charge in [0.15, 0.2) is 0 Å². The molecule has 0 aliphatic carbocycles. The summed E-state index contributed by atoms with van der Waals surface area (Å²) >= 11 is 0. The average molecular weight is 313 g/mol. The standard InChI is InChI=1S/C12H15N3O5S/c13-12(18)14-7-8-15-21(19,20)10-4-1-9(2-5-10)3-6-11(16)17/h1-6,15H,7-8H2,(H,16,17)(H3,13,14,18)/b6-3+. The molecule has 0 radical (unpaired) electrons. The molecule has 0 aromatic heterocycles. The zero-order chi connectivity index (χ0) is 15.9. The van der Waals surface area contributed by atoms with Crippen LogP contribution in [0.2, 0.25) is 0 Å². The Balaban J connectivity index is 2.67. The van der Waals surface area contributed by atoms with E-state index in [1.54, 1.807) is 0 Å². The van der Waals surface area contributed by atoms with Crippen molar-refractivity contribution in [3.63, 3.8) is 0 Å². The van der Waals surface area contributed by atoms with Crippen molar-refractivity contribution >= 4 is 28.1 Å². The fraction of sp³-hybridized carbons (Fsp3) is 0.167. The number of hydrogen-bond donors (Lipinski definition) is 4. The molecular weight excluding hydrogens is 298 g/mol. The Labute approximate surface area is 121 Å². The predicted molar refractivity (Wildman–Crippen MR) is 75.9 cm³/mol. The maximum Gasteiger partial charge on any atom is 0.328 e. The van der Waals surface area contributed by atoms with Gasteiger partial charge >= 0.3 is 12.0 Å². The van der Waals surface area contributed by atoms with Crippen LogP contribution in [0.4, 0.5) is 4.79 Å². The second-order valence-corrected chi connectivity index (χ2v) is 5.70. The number of carboxylic acids is 1. The smallest absolute Gasteiger partial charge is 0.328 e. The lowest BCUT2D eigenvalue weighted by Gasteiger charge is -2.07. The number of amides is 2. The number of nitrogens with two attached hydrogens (primary N) is 1. The predicted octanol–water partition coefficient (Wildman–Crippen LogP) is -0.269. The van der Waals surface area contributed by atoms with E-state index in [9.17, 15) is 18.0 Å². The molecule has 0 aliphatic heterocycles. The van der Waals surface area contributed by atoms with Gasteiger partial charge in [0.05, 0.1) is 4.90 Å². The van der Waals surface area contributed by atoms with Crippen LogP contribution in [0.1, 0.15) is 5.56 Å². The van der Waals surface area contributed by atoms with Crippen LogP contribution in [-0.4, -0.2) is 38.6 Å². The second-order valence-electron chi connectivity index (χ2n) is 3.93. The first-order valence-corrected chi connectivity index (χ1v) is 7.33. The molecule has 1 aromatic rings. The highest BCUT2D eigenvalue weighted by Gasteiger charge is 2.12. The van der Waals surface area contributed by atoms with Crippen LogP contribution < -0.4 is 15.8 Å². The van der Waals surface area contributed by atoms with Gasteiger partial charge in [0.25, 0.3) is 0 Å². The number of primary amides is 1. The van der Waals surface area contributed by atoms with E-state index >= 15 is 0 Å². The third-order valence-corrected chi connectivity index (χ3v) is 3.80. The zero-order valence-corrected chi connectivity index (χ0v) is 11.8. The minimum absolute atomic E-state index is 0.00589. The Kier molecular flexibility index (Phi) is 5.88. The van der Waals surface area contributed by atoms with E-state index in [-0.39, 0.29) is 18.0 Å². The Morgan fingerprint density at radius 2 is 1.81 bits per heavy atom. The number of carbonyl (C=O) groups is 2. The third-order valence-electron chi connectivity index (χ3n) is 2.33. The highest BCUT2D eigenvalue weighted by atomic mass is 32.2. The van der Waals surface area contributed by atoms with Crippen LogP contribution in [0.15, 0.2) is 35.2 Å². The van der Waals surface area contributed by atoms with Crippen molar-refractivity contribution in [3.8, 4) is 0 Å². The molecule has 1 aromatic carbocycles. The van der Waals surface area contributed by atoms with Gasteiger partial charge in [-0.25, -0.2) is 22.7 Å². The normalized spacial score (nSPS) is 11.4. The number of rotatable bonds is 7. The molecule has 0 saturated carbocycles. The third kappa shape index (κ3) is 6.06. The Bertz CT molecular complexity index is 637. The van der Waals surface area contributed by atoms with Crippen LogP contribution in [0, 0.1) is 0 Å². The molecule has 0 fully saturated rings. The summed E-state index contributed by atoms with van der Waals surface area (Å²) < 4.78 is 26.1. The van der Waals surface area contributed by atoms with Gasteiger partial charge in [0.2, 0.25) is 10.0 Å². The maximum atomic E-state index is 11.9. The Morgan fingerprint density at radius 3 is 2.33 bits per heavy atom. The first-order chi connectivity index (χ1) is 9.81. The van der Waals surface area contributed by atoms with Crippen LogP contribution >= 0.6 is 0 Å². The number of urea groups is 1. The number of sulfonamides is 1. The SMILES string of the molecule is NC(=O)NCCNS(=O)(=O)c1ccc(/C=C/C(=O)O)cc1. The van der Waals surface area contributed by atoms with Crippen molar-refractivity contribution < 1.29 is 23.1 Å². The van der Waals surface area contributed by atoms with E-state index in [2.05, 4.69) is 10.0 Å². The van der Waals surface area contributed by atoms with E-state index in [4.69, 9.17) is 10.8 Å². The van der Waals surface area contributed by atoms with E-state index < -0.39 is 22.0 Å². The molecule has 0 aliphatic rings. The van der Waals surface area contributed by atoms with Gasteiger partial charge in [-0.2, -0.15) is 0 Å². The number of aliphatic carboxylic acids is 1. The van der Waals surface area contributed by atoms with Crippen molar-refractivity contribution in [2.75, 3.05) is 13.1 Å². The van der Waals surface area contributed by atoms with E-state index in [1.165, 1.54) is 30.3 Å². The maximum absolute atomic E-state index is 11.9. The summed E-state index contributed by atoms with van der Waals surface area (Å²) in [6, 6.07) is 4.94. The quantitative estimate of drug-likeness (QED) is 0.405. The number of benzene rings is 1. The second kappa shape index (κ2) is 7.41. The Hall–Kier alpha value is -2.39. The van der Waals surface area contributed by atoms with Crippen molar-refractivity contribution in [3.05, 3.63) is 35.9 Å². The summed E-state index contributed by atoms with van der Waals surface area (Å²) in [6.45, 7) is 0.0833. The van der Waals surface area contributed by atoms with Gasteiger partial charge in [0.1, 0.15) is 0 Å². The van der Waals surface area contributed by atoms with Crippen molar-refractivity contribution in [2.24, 2.45) is 5.73 Å². The van der Waals surface area contributed by atoms with Gasteiger partial charge in [-0.15, -0.1) is 0 Å². The molecule has 2 amide bonds. The van der Waals surface area contributed by atoms with Crippen molar-refractivity contribution in [1.29, 1.82) is 0 Å². The molecule has 21 heavy (non-hydrogen) atoms. The summed E-state index contributed by atoms with van der Waals surface area (Å²) in [7, 11) is -3.69. The van der Waals surface area contributed by atoms with Crippen LogP contribution in [-0.2, 0) is 14.8 Å². The van der Waals surface area contributed by atoms with Gasteiger partial charge in [-0.1, -0.05) is 12.1 Å². The lowest BCUT2D eigenvalue weighted by atomic mass is 10.2. The molecule has 0 heterocycles. The first-order valence-electron chi connectivity index (χ1n) is 5.85. The van der Waals surface area contributed by atoms with Gasteiger partial charge < -0.3 is 16.2 Å². The van der Waals surface area contributed by atoms with Crippen LogP contribution in [0.25, 0.3) is 6.08 Å². The average Bonchev–Trinajstić information content (AvgIpc) is 2.41. The highest BCUT2D eigenvalue weighted by Crippen LogP contribution is 2.11. The largest absolute Gasteiger partial charge is 0.478 e. The van der Waals surface area contributed by atoms with Gasteiger partial charge in [-0.05, 0) is 23.8 Å². The fourth-order valence-corrected chi connectivity index (χ4v) is 2.41. The lowest BCUT2D eigenvalue weighted by Crippen LogP contribution is -2.37.